The van der Waals surface area contributed by atoms with Crippen LogP contribution in [0.1, 0.15) is 10.4 Å². The van der Waals surface area contributed by atoms with Crippen LogP contribution < -0.4 is 11.5 Å². The maximum Gasteiger partial charge on any atom is 0.254 e. The maximum atomic E-state index is 12.0. The number of amides is 2. The van der Waals surface area contributed by atoms with E-state index in [0.29, 0.717) is 10.7 Å². The van der Waals surface area contributed by atoms with Gasteiger partial charge in [-0.1, -0.05) is 11.3 Å². The molecule has 2 amide bonds. The predicted octanol–water partition coefficient (Wildman–Crippen LogP) is 0.436. The summed E-state index contributed by atoms with van der Waals surface area (Å²) in [6.45, 7) is -0.109. The van der Waals surface area contributed by atoms with Crippen molar-refractivity contribution in [3.63, 3.8) is 0 Å². The Bertz CT molecular complexity index is 623. The van der Waals surface area contributed by atoms with Crippen molar-refractivity contribution in [2.24, 2.45) is 5.73 Å². The first-order valence-electron chi connectivity index (χ1n) is 5.17. The summed E-state index contributed by atoms with van der Waals surface area (Å²) in [5.41, 5.74) is 11.9. The Labute approximate surface area is 107 Å². The number of anilines is 1. The first kappa shape index (κ1) is 12.3. The van der Waals surface area contributed by atoms with Gasteiger partial charge in [-0.15, -0.1) is 0 Å². The molecule has 2 aromatic rings. The summed E-state index contributed by atoms with van der Waals surface area (Å²) in [4.78, 5) is 28.1. The highest BCUT2D eigenvalue weighted by molar-refractivity contribution is 7.22. The number of benzene rings is 1. The van der Waals surface area contributed by atoms with Crippen molar-refractivity contribution >= 4 is 38.5 Å². The number of thiazole rings is 1. The number of likely N-dealkylation sites (N-methyl/N-ethyl adjacent to an activating group) is 1. The van der Waals surface area contributed by atoms with Crippen molar-refractivity contribution in [3.8, 4) is 0 Å². The fourth-order valence-corrected chi connectivity index (χ4v) is 2.37. The lowest BCUT2D eigenvalue weighted by molar-refractivity contribution is -0.118. The van der Waals surface area contributed by atoms with Crippen LogP contribution >= 0.6 is 11.3 Å². The molecule has 18 heavy (non-hydrogen) atoms. The number of hydrogen-bond donors (Lipinski definition) is 2. The number of carbonyl (C=O) groups is 2. The molecule has 1 heterocycles. The molecule has 0 saturated carbocycles. The van der Waals surface area contributed by atoms with E-state index in [1.807, 2.05) is 0 Å². The first-order valence-corrected chi connectivity index (χ1v) is 5.99. The number of rotatable bonds is 3. The molecule has 0 unspecified atom stereocenters. The van der Waals surface area contributed by atoms with Gasteiger partial charge in [0.25, 0.3) is 5.91 Å². The average molecular weight is 264 g/mol. The molecule has 2 rings (SSSR count). The molecular weight excluding hydrogens is 252 g/mol. The summed E-state index contributed by atoms with van der Waals surface area (Å²) >= 11 is 1.31. The molecule has 1 aromatic carbocycles. The van der Waals surface area contributed by atoms with E-state index in [9.17, 15) is 9.59 Å². The van der Waals surface area contributed by atoms with Crippen molar-refractivity contribution in [3.05, 3.63) is 23.8 Å². The second-order valence-corrected chi connectivity index (χ2v) is 4.92. The van der Waals surface area contributed by atoms with E-state index in [2.05, 4.69) is 4.98 Å². The number of carbonyl (C=O) groups excluding carboxylic acids is 2. The molecule has 4 N–H and O–H groups in total. The second kappa shape index (κ2) is 4.61. The Morgan fingerprint density at radius 1 is 1.44 bits per heavy atom. The van der Waals surface area contributed by atoms with Crippen molar-refractivity contribution < 1.29 is 9.59 Å². The number of nitrogens with two attached hydrogens (primary N) is 2. The zero-order chi connectivity index (χ0) is 13.3. The van der Waals surface area contributed by atoms with Gasteiger partial charge in [0.2, 0.25) is 5.91 Å². The molecule has 94 valence electrons. The van der Waals surface area contributed by atoms with Gasteiger partial charge in [0.05, 0.1) is 16.8 Å². The van der Waals surface area contributed by atoms with Crippen LogP contribution in [0.15, 0.2) is 18.2 Å². The van der Waals surface area contributed by atoms with Crippen molar-refractivity contribution in [2.75, 3.05) is 19.3 Å². The average Bonchev–Trinajstić information content (AvgIpc) is 2.65. The van der Waals surface area contributed by atoms with Gasteiger partial charge in [-0.25, -0.2) is 4.98 Å². The normalized spacial score (nSPS) is 10.5. The van der Waals surface area contributed by atoms with Crippen LogP contribution in [0.5, 0.6) is 0 Å². The number of hydrogen-bond acceptors (Lipinski definition) is 5. The minimum absolute atomic E-state index is 0.109. The molecule has 0 aliphatic carbocycles. The third-order valence-corrected chi connectivity index (χ3v) is 3.24. The second-order valence-electron chi connectivity index (χ2n) is 3.86. The van der Waals surface area contributed by atoms with E-state index in [-0.39, 0.29) is 12.5 Å². The lowest BCUT2D eigenvalue weighted by atomic mass is 10.2. The number of primary amides is 1. The van der Waals surface area contributed by atoms with Crippen LogP contribution in [0.25, 0.3) is 10.2 Å². The Balaban J connectivity index is 2.30. The van der Waals surface area contributed by atoms with Crippen molar-refractivity contribution in [1.82, 2.24) is 9.88 Å². The van der Waals surface area contributed by atoms with Crippen molar-refractivity contribution in [2.45, 2.75) is 0 Å². The van der Waals surface area contributed by atoms with E-state index >= 15 is 0 Å². The van der Waals surface area contributed by atoms with Gasteiger partial charge in [0, 0.05) is 12.6 Å². The smallest absolute Gasteiger partial charge is 0.254 e. The number of nitrogens with zero attached hydrogens (tertiary/aromatic N) is 2. The highest BCUT2D eigenvalue weighted by atomic mass is 32.1. The fourth-order valence-electron chi connectivity index (χ4n) is 1.60. The SMILES string of the molecule is CN(CC(N)=O)C(=O)c1ccc2nc(N)sc2c1. The number of fused-ring (bicyclic) bond motifs is 1. The van der Waals surface area contributed by atoms with Gasteiger partial charge in [-0.3, -0.25) is 9.59 Å². The van der Waals surface area contributed by atoms with Crippen LogP contribution in [-0.4, -0.2) is 35.3 Å². The largest absolute Gasteiger partial charge is 0.375 e. The van der Waals surface area contributed by atoms with Crippen LogP contribution in [0.4, 0.5) is 5.13 Å². The molecule has 0 saturated heterocycles. The molecule has 0 atom stereocenters. The molecule has 0 bridgehead atoms. The Morgan fingerprint density at radius 2 is 2.17 bits per heavy atom. The van der Waals surface area contributed by atoms with E-state index in [4.69, 9.17) is 11.5 Å². The van der Waals surface area contributed by atoms with E-state index in [0.717, 1.165) is 10.2 Å². The van der Waals surface area contributed by atoms with E-state index in [1.54, 1.807) is 18.2 Å². The minimum Gasteiger partial charge on any atom is -0.375 e. The van der Waals surface area contributed by atoms with Crippen LogP contribution in [0.2, 0.25) is 0 Å². The molecule has 7 heteroatoms. The predicted molar refractivity (Wildman–Crippen MR) is 70.2 cm³/mol. The highest BCUT2D eigenvalue weighted by Crippen LogP contribution is 2.24. The number of nitrogen functional groups attached to an aromatic ring is 1. The summed E-state index contributed by atoms with van der Waals surface area (Å²) in [5.74, 6) is -0.809. The Morgan fingerprint density at radius 3 is 2.83 bits per heavy atom. The zero-order valence-corrected chi connectivity index (χ0v) is 10.5. The third-order valence-electron chi connectivity index (χ3n) is 2.39. The molecular formula is C11H12N4O2S. The lowest BCUT2D eigenvalue weighted by Crippen LogP contribution is -2.35. The van der Waals surface area contributed by atoms with Gasteiger partial charge < -0.3 is 16.4 Å². The quantitative estimate of drug-likeness (QED) is 0.839. The monoisotopic (exact) mass is 264 g/mol. The summed E-state index contributed by atoms with van der Waals surface area (Å²) in [5, 5.41) is 0.458. The molecule has 0 aliphatic heterocycles. The van der Waals surface area contributed by atoms with Crippen LogP contribution in [0, 0.1) is 0 Å². The fraction of sp³-hybridized carbons (Fsp3) is 0.182. The number of aromatic nitrogens is 1. The van der Waals surface area contributed by atoms with Gasteiger partial charge in [0.1, 0.15) is 0 Å². The Kier molecular flexibility index (Phi) is 3.15. The molecule has 1 aromatic heterocycles. The third kappa shape index (κ3) is 2.40. The van der Waals surface area contributed by atoms with Crippen LogP contribution in [0.3, 0.4) is 0 Å². The molecule has 6 nitrogen and oxygen atoms in total. The van der Waals surface area contributed by atoms with E-state index in [1.165, 1.54) is 23.3 Å². The summed E-state index contributed by atoms with van der Waals surface area (Å²) < 4.78 is 0.839. The van der Waals surface area contributed by atoms with Gasteiger partial charge in [-0.2, -0.15) is 0 Å². The molecule has 0 spiro atoms. The topological polar surface area (TPSA) is 102 Å². The van der Waals surface area contributed by atoms with Crippen molar-refractivity contribution in [1.29, 1.82) is 0 Å². The minimum atomic E-state index is -0.547. The standard InChI is InChI=1S/C11H12N4O2S/c1-15(5-9(12)16)10(17)6-2-3-7-8(4-6)18-11(13)14-7/h2-4H,5H2,1H3,(H2,12,16)(H2,13,14). The first-order chi connectivity index (χ1) is 8.47. The molecule has 0 radical (unpaired) electrons. The summed E-state index contributed by atoms with van der Waals surface area (Å²) in [7, 11) is 1.53. The summed E-state index contributed by atoms with van der Waals surface area (Å²) in [6, 6.07) is 5.10. The summed E-state index contributed by atoms with van der Waals surface area (Å²) in [6.07, 6.45) is 0. The van der Waals surface area contributed by atoms with Gasteiger partial charge >= 0.3 is 0 Å². The highest BCUT2D eigenvalue weighted by Gasteiger charge is 2.14. The zero-order valence-electron chi connectivity index (χ0n) is 9.71. The lowest BCUT2D eigenvalue weighted by Gasteiger charge is -2.14. The molecule has 0 fully saturated rings. The maximum absolute atomic E-state index is 12.0. The molecule has 0 aliphatic rings. The van der Waals surface area contributed by atoms with Gasteiger partial charge in [-0.05, 0) is 18.2 Å². The van der Waals surface area contributed by atoms with Crippen LogP contribution in [-0.2, 0) is 4.79 Å². The van der Waals surface area contributed by atoms with Gasteiger partial charge in [0.15, 0.2) is 5.13 Å². The van der Waals surface area contributed by atoms with E-state index < -0.39 is 5.91 Å². The Hall–Kier alpha value is -2.15.